The first-order valence-corrected chi connectivity index (χ1v) is 7.53. The molecule has 106 valence electrons. The highest BCUT2D eigenvalue weighted by atomic mass is 35.5. The Morgan fingerprint density at radius 1 is 1.40 bits per heavy atom. The number of halogens is 1. The molecule has 20 heavy (non-hydrogen) atoms. The second-order valence-electron chi connectivity index (χ2n) is 3.44. The third kappa shape index (κ3) is 2.95. The zero-order valence-electron chi connectivity index (χ0n) is 9.48. The number of anilines is 2. The van der Waals surface area contributed by atoms with Crippen LogP contribution in [0.3, 0.4) is 0 Å². The fraction of sp³-hybridized carbons (Fsp3) is 0. The van der Waals surface area contributed by atoms with Crippen LogP contribution >= 0.6 is 22.9 Å². The Balaban J connectivity index is 2.35. The van der Waals surface area contributed by atoms with Crippen LogP contribution in [0.4, 0.5) is 16.5 Å². The van der Waals surface area contributed by atoms with E-state index in [1.54, 1.807) is 0 Å². The van der Waals surface area contributed by atoms with Crippen molar-refractivity contribution in [2.45, 2.75) is 4.34 Å². The molecule has 2 aromatic rings. The number of nitrogen functional groups attached to an aromatic ring is 1. The van der Waals surface area contributed by atoms with Crippen LogP contribution in [0.1, 0.15) is 0 Å². The zero-order chi connectivity index (χ0) is 14.9. The summed E-state index contributed by atoms with van der Waals surface area (Å²) >= 11 is 6.30. The predicted molar refractivity (Wildman–Crippen MR) is 73.2 cm³/mol. The van der Waals surface area contributed by atoms with Crippen molar-refractivity contribution < 1.29 is 13.3 Å². The highest BCUT2D eigenvalue weighted by Gasteiger charge is 2.21. The highest BCUT2D eigenvalue weighted by molar-refractivity contribution is 7.94. The molecule has 0 saturated carbocycles. The van der Waals surface area contributed by atoms with Gasteiger partial charge in [0.2, 0.25) is 5.13 Å². The molecule has 0 aliphatic heterocycles. The van der Waals surface area contributed by atoms with Gasteiger partial charge < -0.3 is 5.73 Å². The van der Waals surface area contributed by atoms with Crippen molar-refractivity contribution >= 4 is 49.5 Å². The van der Waals surface area contributed by atoms with Crippen LogP contribution in [0.2, 0.25) is 5.02 Å². The lowest BCUT2D eigenvalue weighted by atomic mass is 10.3. The van der Waals surface area contributed by atoms with Gasteiger partial charge in [-0.1, -0.05) is 22.9 Å². The number of nitro groups is 1. The zero-order valence-corrected chi connectivity index (χ0v) is 11.9. The van der Waals surface area contributed by atoms with Crippen LogP contribution in [-0.2, 0) is 10.0 Å². The summed E-state index contributed by atoms with van der Waals surface area (Å²) in [4.78, 5) is 10.0. The van der Waals surface area contributed by atoms with Crippen LogP contribution in [0, 0.1) is 10.1 Å². The predicted octanol–water partition coefficient (Wildman–Crippen LogP) is 1.48. The molecular weight excluding hydrogens is 330 g/mol. The van der Waals surface area contributed by atoms with Crippen molar-refractivity contribution in [3.05, 3.63) is 33.3 Å². The van der Waals surface area contributed by atoms with Gasteiger partial charge in [-0.25, -0.2) is 0 Å². The Bertz CT molecular complexity index is 775. The fourth-order valence-corrected chi connectivity index (χ4v) is 3.27. The molecule has 9 nitrogen and oxygen atoms in total. The van der Waals surface area contributed by atoms with E-state index in [-0.39, 0.29) is 20.2 Å². The van der Waals surface area contributed by atoms with E-state index < -0.39 is 20.6 Å². The third-order valence-electron chi connectivity index (χ3n) is 2.05. The summed E-state index contributed by atoms with van der Waals surface area (Å²) in [6.45, 7) is 0. The Morgan fingerprint density at radius 2 is 2.10 bits per heavy atom. The maximum Gasteiger partial charge on any atom is 0.291 e. The minimum Gasteiger partial charge on any atom is -0.374 e. The molecule has 3 N–H and O–H groups in total. The summed E-state index contributed by atoms with van der Waals surface area (Å²) < 4.78 is 25.6. The van der Waals surface area contributed by atoms with Gasteiger partial charge in [0, 0.05) is 6.07 Å². The summed E-state index contributed by atoms with van der Waals surface area (Å²) in [6.07, 6.45) is 0. The monoisotopic (exact) mass is 335 g/mol. The van der Waals surface area contributed by atoms with E-state index in [4.69, 9.17) is 17.3 Å². The molecule has 0 spiro atoms. The molecule has 0 fully saturated rings. The molecule has 0 atom stereocenters. The Labute approximate surface area is 121 Å². The first-order valence-electron chi connectivity index (χ1n) is 4.85. The van der Waals surface area contributed by atoms with Crippen molar-refractivity contribution in [2.24, 2.45) is 0 Å². The lowest BCUT2D eigenvalue weighted by Crippen LogP contribution is -2.12. The van der Waals surface area contributed by atoms with Crippen LogP contribution in [0.15, 0.2) is 22.5 Å². The minimum absolute atomic E-state index is 0.00698. The number of hydrogen-bond donors (Lipinski definition) is 2. The van der Waals surface area contributed by atoms with Gasteiger partial charge in [0.25, 0.3) is 20.1 Å². The lowest BCUT2D eigenvalue weighted by molar-refractivity contribution is -0.384. The van der Waals surface area contributed by atoms with Gasteiger partial charge in [0.15, 0.2) is 0 Å². The smallest absolute Gasteiger partial charge is 0.291 e. The first-order chi connectivity index (χ1) is 9.29. The molecule has 0 aliphatic rings. The number of nitrogens with one attached hydrogen (secondary N) is 1. The van der Waals surface area contributed by atoms with E-state index >= 15 is 0 Å². The number of benzene rings is 1. The third-order valence-corrected chi connectivity index (χ3v) is 4.87. The van der Waals surface area contributed by atoms with Crippen molar-refractivity contribution in [3.8, 4) is 0 Å². The van der Waals surface area contributed by atoms with Crippen molar-refractivity contribution in [3.63, 3.8) is 0 Å². The average Bonchev–Trinajstić information content (AvgIpc) is 2.78. The van der Waals surface area contributed by atoms with Crippen LogP contribution < -0.4 is 10.5 Å². The van der Waals surface area contributed by atoms with Gasteiger partial charge in [-0.3, -0.25) is 14.8 Å². The van der Waals surface area contributed by atoms with Gasteiger partial charge in [-0.2, -0.15) is 8.42 Å². The summed E-state index contributed by atoms with van der Waals surface area (Å²) in [5.41, 5.74) is 4.87. The van der Waals surface area contributed by atoms with Crippen molar-refractivity contribution in [1.29, 1.82) is 0 Å². The lowest BCUT2D eigenvalue weighted by Gasteiger charge is -2.05. The molecule has 0 bridgehead atoms. The van der Waals surface area contributed by atoms with Gasteiger partial charge >= 0.3 is 0 Å². The molecule has 0 amide bonds. The summed E-state index contributed by atoms with van der Waals surface area (Å²) in [7, 11) is -4.00. The first kappa shape index (κ1) is 14.4. The number of nitro benzene ring substituents is 1. The molecule has 1 aromatic carbocycles. The largest absolute Gasteiger partial charge is 0.374 e. The Kier molecular flexibility index (Phi) is 3.74. The van der Waals surface area contributed by atoms with E-state index in [1.807, 2.05) is 0 Å². The van der Waals surface area contributed by atoms with E-state index in [1.165, 1.54) is 12.1 Å². The quantitative estimate of drug-likeness (QED) is 0.636. The number of aromatic nitrogens is 2. The van der Waals surface area contributed by atoms with Crippen LogP contribution in [-0.4, -0.2) is 23.5 Å². The Morgan fingerprint density at radius 3 is 2.65 bits per heavy atom. The van der Waals surface area contributed by atoms with Crippen LogP contribution in [0.5, 0.6) is 0 Å². The molecule has 0 aliphatic carbocycles. The second-order valence-corrected chi connectivity index (χ2v) is 6.71. The Hall–Kier alpha value is -1.98. The number of nitrogens with zero attached hydrogens (tertiary/aromatic N) is 3. The fourth-order valence-electron chi connectivity index (χ4n) is 1.24. The minimum atomic E-state index is -4.00. The summed E-state index contributed by atoms with van der Waals surface area (Å²) in [5.74, 6) is 0. The topological polar surface area (TPSA) is 141 Å². The van der Waals surface area contributed by atoms with Gasteiger partial charge in [0.05, 0.1) is 10.6 Å². The molecular formula is C8H6ClN5O4S2. The standard InChI is InChI=1S/C8H6ClN5O4S2/c9-5-2-1-4(3-6(5)14(15)16)13-20(17,18)8-12-11-7(10)19-8/h1-3,13H,(H2,10,11). The molecule has 1 aromatic heterocycles. The van der Waals surface area contributed by atoms with Crippen molar-refractivity contribution in [1.82, 2.24) is 10.2 Å². The summed E-state index contributed by atoms with van der Waals surface area (Å²) in [6, 6.07) is 3.51. The van der Waals surface area contributed by atoms with E-state index in [0.717, 1.165) is 6.07 Å². The molecule has 0 unspecified atom stereocenters. The SMILES string of the molecule is Nc1nnc(S(=O)(=O)Nc2ccc(Cl)c([N+](=O)[O-])c2)s1. The van der Waals surface area contributed by atoms with Gasteiger partial charge in [-0.05, 0) is 12.1 Å². The maximum atomic E-state index is 11.9. The number of hydrogen-bond acceptors (Lipinski definition) is 8. The van der Waals surface area contributed by atoms with Gasteiger partial charge in [-0.15, -0.1) is 10.2 Å². The van der Waals surface area contributed by atoms with E-state index in [0.29, 0.717) is 11.3 Å². The average molecular weight is 336 g/mol. The second kappa shape index (κ2) is 5.19. The molecule has 2 rings (SSSR count). The molecule has 0 radical (unpaired) electrons. The number of sulfonamides is 1. The van der Waals surface area contributed by atoms with E-state index in [2.05, 4.69) is 14.9 Å². The number of nitrogens with two attached hydrogens (primary N) is 1. The molecule has 0 saturated heterocycles. The normalized spacial score (nSPS) is 11.2. The van der Waals surface area contributed by atoms with Gasteiger partial charge in [0.1, 0.15) is 5.02 Å². The van der Waals surface area contributed by atoms with Crippen molar-refractivity contribution in [2.75, 3.05) is 10.5 Å². The maximum absolute atomic E-state index is 11.9. The van der Waals surface area contributed by atoms with Crippen LogP contribution in [0.25, 0.3) is 0 Å². The highest BCUT2D eigenvalue weighted by Crippen LogP contribution is 2.29. The molecule has 1 heterocycles. The molecule has 12 heteroatoms. The van der Waals surface area contributed by atoms with E-state index in [9.17, 15) is 18.5 Å². The number of rotatable bonds is 4. The summed E-state index contributed by atoms with van der Waals surface area (Å²) in [5, 5.41) is 17.4.